The molecule has 1 aromatic heterocycles. The van der Waals surface area contributed by atoms with Crippen LogP contribution in [0.3, 0.4) is 0 Å². The molecule has 3 heteroatoms. The molecule has 2 nitrogen and oxygen atoms in total. The van der Waals surface area contributed by atoms with Gasteiger partial charge in [0.05, 0.1) is 6.04 Å². The standard InChI is InChI=1S/C16H17NOS/c1-2-15(18)17-10-8-14-13(9-11-19-14)16(17)12-6-4-3-5-7-12/h3-7,9,11,16H,2,8,10H2,1H3. The van der Waals surface area contributed by atoms with Crippen molar-refractivity contribution in [2.75, 3.05) is 6.54 Å². The quantitative estimate of drug-likeness (QED) is 0.816. The second-order valence-electron chi connectivity index (χ2n) is 4.80. The van der Waals surface area contributed by atoms with Crippen LogP contribution >= 0.6 is 11.3 Å². The van der Waals surface area contributed by atoms with Gasteiger partial charge in [0.15, 0.2) is 0 Å². The van der Waals surface area contributed by atoms with Gasteiger partial charge in [-0.15, -0.1) is 11.3 Å². The lowest BCUT2D eigenvalue weighted by atomic mass is 9.93. The Labute approximate surface area is 117 Å². The Morgan fingerprint density at radius 2 is 2.11 bits per heavy atom. The third kappa shape index (κ3) is 2.19. The van der Waals surface area contributed by atoms with Crippen molar-refractivity contribution in [1.82, 2.24) is 4.90 Å². The third-order valence-corrected chi connectivity index (χ3v) is 4.70. The molecule has 1 amide bonds. The number of carbonyl (C=O) groups excluding carboxylic acids is 1. The first-order chi connectivity index (χ1) is 9.31. The van der Waals surface area contributed by atoms with E-state index in [2.05, 4.69) is 23.6 Å². The Morgan fingerprint density at radius 3 is 2.84 bits per heavy atom. The first-order valence-corrected chi connectivity index (χ1v) is 7.60. The lowest BCUT2D eigenvalue weighted by Gasteiger charge is -2.36. The van der Waals surface area contributed by atoms with E-state index in [9.17, 15) is 4.79 Å². The molecule has 0 radical (unpaired) electrons. The third-order valence-electron chi connectivity index (χ3n) is 3.70. The van der Waals surface area contributed by atoms with Crippen LogP contribution in [-0.4, -0.2) is 17.4 Å². The van der Waals surface area contributed by atoms with Crippen LogP contribution in [0.2, 0.25) is 0 Å². The smallest absolute Gasteiger partial charge is 0.223 e. The van der Waals surface area contributed by atoms with E-state index in [0.29, 0.717) is 6.42 Å². The summed E-state index contributed by atoms with van der Waals surface area (Å²) in [7, 11) is 0. The molecule has 1 aromatic carbocycles. The van der Waals surface area contributed by atoms with E-state index in [1.807, 2.05) is 41.4 Å². The predicted molar refractivity (Wildman–Crippen MR) is 78.3 cm³/mol. The van der Waals surface area contributed by atoms with E-state index >= 15 is 0 Å². The van der Waals surface area contributed by atoms with Crippen LogP contribution in [0, 0.1) is 0 Å². The summed E-state index contributed by atoms with van der Waals surface area (Å²) in [6, 6.07) is 12.6. The maximum atomic E-state index is 12.2. The topological polar surface area (TPSA) is 20.3 Å². The van der Waals surface area contributed by atoms with Gasteiger partial charge in [0, 0.05) is 17.8 Å². The molecule has 1 atom stereocenters. The summed E-state index contributed by atoms with van der Waals surface area (Å²) < 4.78 is 0. The van der Waals surface area contributed by atoms with Crippen LogP contribution in [0.25, 0.3) is 0 Å². The van der Waals surface area contributed by atoms with Crippen molar-refractivity contribution in [1.29, 1.82) is 0 Å². The van der Waals surface area contributed by atoms with Crippen LogP contribution in [-0.2, 0) is 11.2 Å². The normalized spacial score (nSPS) is 18.2. The van der Waals surface area contributed by atoms with Gasteiger partial charge < -0.3 is 4.90 Å². The molecule has 2 heterocycles. The molecule has 0 saturated carbocycles. The van der Waals surface area contributed by atoms with Gasteiger partial charge in [-0.25, -0.2) is 0 Å². The Kier molecular flexibility index (Phi) is 3.38. The molecule has 1 unspecified atom stereocenters. The summed E-state index contributed by atoms with van der Waals surface area (Å²) >= 11 is 1.81. The highest BCUT2D eigenvalue weighted by Gasteiger charge is 2.31. The Morgan fingerprint density at radius 1 is 1.32 bits per heavy atom. The molecule has 0 spiro atoms. The van der Waals surface area contributed by atoms with Gasteiger partial charge in [-0.1, -0.05) is 37.3 Å². The van der Waals surface area contributed by atoms with Crippen molar-refractivity contribution >= 4 is 17.2 Å². The van der Waals surface area contributed by atoms with Crippen molar-refractivity contribution < 1.29 is 4.79 Å². The van der Waals surface area contributed by atoms with Crippen LogP contribution in [0.4, 0.5) is 0 Å². The molecule has 98 valence electrons. The monoisotopic (exact) mass is 271 g/mol. The van der Waals surface area contributed by atoms with Gasteiger partial charge in [0.1, 0.15) is 0 Å². The van der Waals surface area contributed by atoms with Crippen LogP contribution in [0.15, 0.2) is 41.8 Å². The summed E-state index contributed by atoms with van der Waals surface area (Å²) in [6.45, 7) is 2.77. The number of hydrogen-bond donors (Lipinski definition) is 0. The number of amides is 1. The van der Waals surface area contributed by atoms with Crippen molar-refractivity contribution in [3.63, 3.8) is 0 Å². The second kappa shape index (κ2) is 5.17. The fourth-order valence-corrected chi connectivity index (χ4v) is 3.69. The number of nitrogens with zero attached hydrogens (tertiary/aromatic N) is 1. The zero-order valence-corrected chi connectivity index (χ0v) is 11.8. The Bertz CT molecular complexity index is 575. The number of thiophene rings is 1. The summed E-state index contributed by atoms with van der Waals surface area (Å²) in [5.41, 5.74) is 2.52. The molecule has 1 aliphatic rings. The summed E-state index contributed by atoms with van der Waals surface area (Å²) in [5.74, 6) is 0.241. The number of rotatable bonds is 2. The first-order valence-electron chi connectivity index (χ1n) is 6.72. The first kappa shape index (κ1) is 12.4. The minimum atomic E-state index is 0.101. The SMILES string of the molecule is CCC(=O)N1CCc2sccc2C1c1ccccc1. The van der Waals surface area contributed by atoms with Crippen molar-refractivity contribution in [2.24, 2.45) is 0 Å². The summed E-state index contributed by atoms with van der Waals surface area (Å²) in [6.07, 6.45) is 1.56. The fraction of sp³-hybridized carbons (Fsp3) is 0.312. The van der Waals surface area contributed by atoms with Crippen molar-refractivity contribution in [3.8, 4) is 0 Å². The molecule has 0 saturated heterocycles. The molecule has 0 N–H and O–H groups in total. The maximum Gasteiger partial charge on any atom is 0.223 e. The number of carbonyl (C=O) groups is 1. The minimum Gasteiger partial charge on any atom is -0.331 e. The summed E-state index contributed by atoms with van der Waals surface area (Å²) in [4.78, 5) is 15.7. The molecule has 0 fully saturated rings. The van der Waals surface area contributed by atoms with Gasteiger partial charge in [-0.05, 0) is 29.0 Å². The average Bonchev–Trinajstić information content (AvgIpc) is 2.94. The van der Waals surface area contributed by atoms with Crippen LogP contribution in [0.5, 0.6) is 0 Å². The highest BCUT2D eigenvalue weighted by Crippen LogP contribution is 2.37. The molecule has 2 aromatic rings. The van der Waals surface area contributed by atoms with E-state index in [0.717, 1.165) is 13.0 Å². The van der Waals surface area contributed by atoms with E-state index in [1.165, 1.54) is 16.0 Å². The van der Waals surface area contributed by atoms with Crippen LogP contribution < -0.4 is 0 Å². The Hall–Kier alpha value is -1.61. The zero-order chi connectivity index (χ0) is 13.2. The largest absolute Gasteiger partial charge is 0.331 e. The van der Waals surface area contributed by atoms with Gasteiger partial charge in [-0.2, -0.15) is 0 Å². The summed E-state index contributed by atoms with van der Waals surface area (Å²) in [5, 5.41) is 2.14. The number of fused-ring (bicyclic) bond motifs is 1. The number of hydrogen-bond acceptors (Lipinski definition) is 2. The average molecular weight is 271 g/mol. The minimum absolute atomic E-state index is 0.101. The molecule has 1 aliphatic heterocycles. The molecule has 0 bridgehead atoms. The van der Waals surface area contributed by atoms with Crippen molar-refractivity contribution in [3.05, 3.63) is 57.8 Å². The highest BCUT2D eigenvalue weighted by molar-refractivity contribution is 7.10. The molecular formula is C16H17NOS. The lowest BCUT2D eigenvalue weighted by Crippen LogP contribution is -2.39. The predicted octanol–water partition coefficient (Wildman–Crippen LogP) is 3.63. The molecule has 19 heavy (non-hydrogen) atoms. The highest BCUT2D eigenvalue weighted by atomic mass is 32.1. The molecule has 0 aliphatic carbocycles. The lowest BCUT2D eigenvalue weighted by molar-refractivity contribution is -0.132. The van der Waals surface area contributed by atoms with E-state index in [4.69, 9.17) is 0 Å². The Balaban J connectivity index is 2.07. The van der Waals surface area contributed by atoms with E-state index in [1.54, 1.807) is 0 Å². The zero-order valence-electron chi connectivity index (χ0n) is 11.0. The van der Waals surface area contributed by atoms with Gasteiger partial charge >= 0.3 is 0 Å². The molecular weight excluding hydrogens is 254 g/mol. The molecule has 3 rings (SSSR count). The van der Waals surface area contributed by atoms with E-state index in [-0.39, 0.29) is 11.9 Å². The van der Waals surface area contributed by atoms with Gasteiger partial charge in [0.25, 0.3) is 0 Å². The van der Waals surface area contributed by atoms with Crippen molar-refractivity contribution in [2.45, 2.75) is 25.8 Å². The fourth-order valence-electron chi connectivity index (χ4n) is 2.78. The van der Waals surface area contributed by atoms with Gasteiger partial charge in [0.2, 0.25) is 5.91 Å². The maximum absolute atomic E-state index is 12.2. The number of benzene rings is 1. The van der Waals surface area contributed by atoms with Crippen LogP contribution in [0.1, 0.15) is 35.4 Å². The van der Waals surface area contributed by atoms with Gasteiger partial charge in [-0.3, -0.25) is 4.79 Å². The van der Waals surface area contributed by atoms with E-state index < -0.39 is 0 Å². The second-order valence-corrected chi connectivity index (χ2v) is 5.80.